The molecule has 98 valence electrons. The molecule has 0 saturated carbocycles. The molecule has 18 heavy (non-hydrogen) atoms. The number of halogens is 2. The Morgan fingerprint density at radius 2 is 2.28 bits per heavy atom. The molecule has 0 bridgehead atoms. The second-order valence-corrected chi connectivity index (χ2v) is 5.35. The largest absolute Gasteiger partial charge is 0.325 e. The van der Waals surface area contributed by atoms with Crippen LogP contribution in [0.15, 0.2) is 18.2 Å². The van der Waals surface area contributed by atoms with Crippen molar-refractivity contribution in [2.75, 3.05) is 18.4 Å². The summed E-state index contributed by atoms with van der Waals surface area (Å²) in [7, 11) is 0. The number of piperidine rings is 1. The molecule has 1 heterocycles. The van der Waals surface area contributed by atoms with Gasteiger partial charge in [-0.25, -0.2) is 0 Å². The highest BCUT2D eigenvalue weighted by atomic mass is 35.5. The predicted octanol–water partition coefficient (Wildman–Crippen LogP) is 3.32. The molecule has 1 amide bonds. The number of nitrogens with one attached hydrogen (secondary N) is 2. The fourth-order valence-electron chi connectivity index (χ4n) is 2.16. The minimum atomic E-state index is -0.00660. The summed E-state index contributed by atoms with van der Waals surface area (Å²) in [5.41, 5.74) is 0.581. The van der Waals surface area contributed by atoms with Crippen molar-refractivity contribution in [2.24, 2.45) is 5.92 Å². The molecule has 5 heteroatoms. The number of carbonyl (C=O) groups is 1. The number of hydrogen-bond acceptors (Lipinski definition) is 2. The Labute approximate surface area is 117 Å². The second-order valence-electron chi connectivity index (χ2n) is 4.57. The Bertz CT molecular complexity index is 431. The van der Waals surface area contributed by atoms with E-state index in [2.05, 4.69) is 10.6 Å². The zero-order valence-corrected chi connectivity index (χ0v) is 11.5. The Kier molecular flexibility index (Phi) is 4.87. The summed E-state index contributed by atoms with van der Waals surface area (Å²) in [4.78, 5) is 11.9. The molecule has 1 aromatic rings. The number of hydrogen-bond donors (Lipinski definition) is 2. The normalized spacial score (nSPS) is 19.6. The van der Waals surface area contributed by atoms with Crippen molar-refractivity contribution in [3.63, 3.8) is 0 Å². The first-order chi connectivity index (χ1) is 8.66. The molecule has 0 aromatic heterocycles. The van der Waals surface area contributed by atoms with Crippen molar-refractivity contribution < 1.29 is 4.79 Å². The van der Waals surface area contributed by atoms with E-state index in [1.807, 2.05) is 0 Å². The molecule has 1 aliphatic heterocycles. The van der Waals surface area contributed by atoms with Gasteiger partial charge in [-0.15, -0.1) is 0 Å². The summed E-state index contributed by atoms with van der Waals surface area (Å²) in [6.45, 7) is 1.97. The van der Waals surface area contributed by atoms with Gasteiger partial charge in [0.15, 0.2) is 0 Å². The number of rotatable bonds is 3. The predicted molar refractivity (Wildman–Crippen MR) is 75.3 cm³/mol. The summed E-state index contributed by atoms with van der Waals surface area (Å²) in [6.07, 6.45) is 2.76. The molecule has 1 saturated heterocycles. The third kappa shape index (κ3) is 3.61. The van der Waals surface area contributed by atoms with E-state index in [-0.39, 0.29) is 5.91 Å². The van der Waals surface area contributed by atoms with Gasteiger partial charge in [0.25, 0.3) is 0 Å². The summed E-state index contributed by atoms with van der Waals surface area (Å²) < 4.78 is 0. The summed E-state index contributed by atoms with van der Waals surface area (Å²) in [6, 6.07) is 5.22. The van der Waals surface area contributed by atoms with Crippen LogP contribution >= 0.6 is 23.2 Å². The summed E-state index contributed by atoms with van der Waals surface area (Å²) in [5, 5.41) is 6.96. The second kappa shape index (κ2) is 6.41. The van der Waals surface area contributed by atoms with Crippen LogP contribution in [0.4, 0.5) is 5.69 Å². The maximum Gasteiger partial charge on any atom is 0.224 e. The Balaban J connectivity index is 1.92. The Morgan fingerprint density at radius 3 is 3.00 bits per heavy atom. The third-order valence-electron chi connectivity index (χ3n) is 3.10. The van der Waals surface area contributed by atoms with E-state index < -0.39 is 0 Å². The van der Waals surface area contributed by atoms with Crippen LogP contribution in [-0.2, 0) is 4.79 Å². The molecule has 1 fully saturated rings. The van der Waals surface area contributed by atoms with Crippen LogP contribution in [-0.4, -0.2) is 19.0 Å². The topological polar surface area (TPSA) is 41.1 Å². The lowest BCUT2D eigenvalue weighted by atomic mass is 9.96. The lowest BCUT2D eigenvalue weighted by Crippen LogP contribution is -2.32. The Morgan fingerprint density at radius 1 is 1.44 bits per heavy atom. The van der Waals surface area contributed by atoms with E-state index in [1.54, 1.807) is 18.2 Å². The highest BCUT2D eigenvalue weighted by Gasteiger charge is 2.17. The maximum absolute atomic E-state index is 11.9. The number of amides is 1. The van der Waals surface area contributed by atoms with E-state index in [1.165, 1.54) is 0 Å². The fourth-order valence-corrected chi connectivity index (χ4v) is 2.51. The van der Waals surface area contributed by atoms with Crippen molar-refractivity contribution in [1.82, 2.24) is 5.32 Å². The average molecular weight is 287 g/mol. The maximum atomic E-state index is 11.9. The van der Waals surface area contributed by atoms with E-state index in [0.717, 1.165) is 25.9 Å². The van der Waals surface area contributed by atoms with Gasteiger partial charge >= 0.3 is 0 Å². The average Bonchev–Trinajstić information content (AvgIpc) is 2.36. The molecular formula is C13H16Cl2N2O. The standard InChI is InChI=1S/C13H16Cl2N2O/c14-10-4-1-5-11(13(10)15)17-12(18)7-9-3-2-6-16-8-9/h1,4-5,9,16H,2-3,6-8H2,(H,17,18). The molecule has 0 radical (unpaired) electrons. The molecule has 2 N–H and O–H groups in total. The van der Waals surface area contributed by atoms with Gasteiger partial charge in [0, 0.05) is 6.42 Å². The number of anilines is 1. The molecule has 3 nitrogen and oxygen atoms in total. The van der Waals surface area contributed by atoms with Gasteiger partial charge in [0.05, 0.1) is 15.7 Å². The van der Waals surface area contributed by atoms with Gasteiger partial charge in [-0.3, -0.25) is 4.79 Å². The third-order valence-corrected chi connectivity index (χ3v) is 3.92. The smallest absolute Gasteiger partial charge is 0.224 e. The van der Waals surface area contributed by atoms with Crippen molar-refractivity contribution in [3.8, 4) is 0 Å². The molecule has 1 unspecified atom stereocenters. The van der Waals surface area contributed by atoms with Crippen molar-refractivity contribution in [1.29, 1.82) is 0 Å². The monoisotopic (exact) mass is 286 g/mol. The summed E-state index contributed by atoms with van der Waals surface area (Å²) in [5.74, 6) is 0.407. The van der Waals surface area contributed by atoms with Crippen LogP contribution in [0.1, 0.15) is 19.3 Å². The lowest BCUT2D eigenvalue weighted by Gasteiger charge is -2.22. The number of benzene rings is 1. The van der Waals surface area contributed by atoms with Gasteiger partial charge in [-0.05, 0) is 44.0 Å². The highest BCUT2D eigenvalue weighted by Crippen LogP contribution is 2.29. The van der Waals surface area contributed by atoms with Crippen LogP contribution in [0.5, 0.6) is 0 Å². The molecule has 1 atom stereocenters. The molecule has 0 spiro atoms. The zero-order valence-electron chi connectivity index (χ0n) is 10.0. The van der Waals surface area contributed by atoms with E-state index in [4.69, 9.17) is 23.2 Å². The van der Waals surface area contributed by atoms with E-state index in [9.17, 15) is 4.79 Å². The van der Waals surface area contributed by atoms with Gasteiger partial charge in [0.2, 0.25) is 5.91 Å². The minimum absolute atomic E-state index is 0.00660. The first-order valence-corrected chi connectivity index (χ1v) is 6.87. The van der Waals surface area contributed by atoms with Gasteiger partial charge in [-0.1, -0.05) is 29.3 Å². The van der Waals surface area contributed by atoms with Crippen molar-refractivity contribution in [3.05, 3.63) is 28.2 Å². The van der Waals surface area contributed by atoms with Crippen LogP contribution < -0.4 is 10.6 Å². The molecule has 1 aromatic carbocycles. The van der Waals surface area contributed by atoms with Crippen LogP contribution in [0.2, 0.25) is 10.0 Å². The van der Waals surface area contributed by atoms with Crippen LogP contribution in [0, 0.1) is 5.92 Å². The van der Waals surface area contributed by atoms with Gasteiger partial charge in [-0.2, -0.15) is 0 Å². The van der Waals surface area contributed by atoms with Crippen molar-refractivity contribution >= 4 is 34.8 Å². The van der Waals surface area contributed by atoms with Gasteiger partial charge < -0.3 is 10.6 Å². The lowest BCUT2D eigenvalue weighted by molar-refractivity contribution is -0.117. The van der Waals surface area contributed by atoms with Crippen molar-refractivity contribution in [2.45, 2.75) is 19.3 Å². The first-order valence-electron chi connectivity index (χ1n) is 6.11. The molecule has 1 aliphatic rings. The first kappa shape index (κ1) is 13.7. The van der Waals surface area contributed by atoms with Crippen LogP contribution in [0.3, 0.4) is 0 Å². The number of carbonyl (C=O) groups excluding carboxylic acids is 1. The SMILES string of the molecule is O=C(CC1CCCNC1)Nc1cccc(Cl)c1Cl. The highest BCUT2D eigenvalue weighted by molar-refractivity contribution is 6.43. The van der Waals surface area contributed by atoms with Crippen LogP contribution in [0.25, 0.3) is 0 Å². The van der Waals surface area contributed by atoms with E-state index >= 15 is 0 Å². The Hall–Kier alpha value is -0.770. The molecular weight excluding hydrogens is 271 g/mol. The molecule has 2 rings (SSSR count). The minimum Gasteiger partial charge on any atom is -0.325 e. The zero-order chi connectivity index (χ0) is 13.0. The molecule has 0 aliphatic carbocycles. The quantitative estimate of drug-likeness (QED) is 0.895. The fraction of sp³-hybridized carbons (Fsp3) is 0.462. The summed E-state index contributed by atoms with van der Waals surface area (Å²) >= 11 is 11.9. The van der Waals surface area contributed by atoms with Gasteiger partial charge in [0.1, 0.15) is 0 Å². The van der Waals surface area contributed by atoms with E-state index in [0.29, 0.717) is 28.1 Å².